The SMILES string of the molecule is CCc1cc(C)ccc1NC1=NCC(C)S1. The number of amidine groups is 1. The van der Waals surface area contributed by atoms with Gasteiger partial charge in [-0.1, -0.05) is 43.3 Å². The van der Waals surface area contributed by atoms with Gasteiger partial charge in [-0.2, -0.15) is 0 Å². The summed E-state index contributed by atoms with van der Waals surface area (Å²) < 4.78 is 0. The number of anilines is 1. The Bertz CT molecular complexity index is 412. The fraction of sp³-hybridized carbons (Fsp3) is 0.462. The maximum Gasteiger partial charge on any atom is 0.161 e. The zero-order chi connectivity index (χ0) is 11.5. The number of aryl methyl sites for hydroxylation is 2. The predicted molar refractivity (Wildman–Crippen MR) is 73.5 cm³/mol. The topological polar surface area (TPSA) is 24.4 Å². The smallest absolute Gasteiger partial charge is 0.161 e. The molecule has 0 saturated heterocycles. The second kappa shape index (κ2) is 4.91. The first kappa shape index (κ1) is 11.5. The molecule has 0 radical (unpaired) electrons. The molecule has 0 saturated carbocycles. The van der Waals surface area contributed by atoms with Crippen LogP contribution in [0.15, 0.2) is 23.2 Å². The number of rotatable bonds is 2. The maximum atomic E-state index is 4.48. The Balaban J connectivity index is 2.15. The Morgan fingerprint density at radius 3 is 2.94 bits per heavy atom. The summed E-state index contributed by atoms with van der Waals surface area (Å²) in [5.41, 5.74) is 3.88. The third-order valence-corrected chi connectivity index (χ3v) is 3.69. The molecule has 1 N–H and O–H groups in total. The van der Waals surface area contributed by atoms with Crippen molar-refractivity contribution < 1.29 is 0 Å². The van der Waals surface area contributed by atoms with Crippen molar-refractivity contribution in [2.45, 2.75) is 32.4 Å². The van der Waals surface area contributed by atoms with E-state index in [-0.39, 0.29) is 0 Å². The van der Waals surface area contributed by atoms with E-state index in [0.717, 1.165) is 18.1 Å². The third kappa shape index (κ3) is 2.59. The summed E-state index contributed by atoms with van der Waals surface area (Å²) in [5, 5.41) is 5.10. The number of hydrogen-bond acceptors (Lipinski definition) is 3. The summed E-state index contributed by atoms with van der Waals surface area (Å²) in [7, 11) is 0. The van der Waals surface area contributed by atoms with Crippen LogP contribution >= 0.6 is 11.8 Å². The van der Waals surface area contributed by atoms with Gasteiger partial charge >= 0.3 is 0 Å². The summed E-state index contributed by atoms with van der Waals surface area (Å²) in [6.45, 7) is 7.46. The molecule has 0 amide bonds. The third-order valence-electron chi connectivity index (χ3n) is 2.69. The molecule has 16 heavy (non-hydrogen) atoms. The molecule has 0 aromatic heterocycles. The molecule has 0 aliphatic carbocycles. The van der Waals surface area contributed by atoms with E-state index >= 15 is 0 Å². The van der Waals surface area contributed by atoms with E-state index in [1.54, 1.807) is 0 Å². The van der Waals surface area contributed by atoms with Crippen molar-refractivity contribution in [1.29, 1.82) is 0 Å². The molecule has 0 spiro atoms. The van der Waals surface area contributed by atoms with E-state index in [4.69, 9.17) is 0 Å². The minimum Gasteiger partial charge on any atom is -0.335 e. The zero-order valence-corrected chi connectivity index (χ0v) is 10.9. The van der Waals surface area contributed by atoms with Crippen molar-refractivity contribution in [3.63, 3.8) is 0 Å². The Hall–Kier alpha value is -0.960. The molecule has 2 nitrogen and oxygen atoms in total. The van der Waals surface area contributed by atoms with Gasteiger partial charge in [-0.05, 0) is 25.0 Å². The standard InChI is InChI=1S/C13H18N2S/c1-4-11-7-9(2)5-6-12(11)15-13-14-8-10(3)16-13/h5-7,10H,4,8H2,1-3H3,(H,14,15). The average Bonchev–Trinajstić information content (AvgIpc) is 2.67. The van der Waals surface area contributed by atoms with Crippen LogP contribution in [0.4, 0.5) is 5.69 Å². The molecule has 1 aromatic carbocycles. The Morgan fingerprint density at radius 2 is 2.31 bits per heavy atom. The van der Waals surface area contributed by atoms with Crippen molar-refractivity contribution in [2.24, 2.45) is 4.99 Å². The van der Waals surface area contributed by atoms with Gasteiger partial charge in [-0.3, -0.25) is 4.99 Å². The molecule has 3 heteroatoms. The number of thioether (sulfide) groups is 1. The fourth-order valence-corrected chi connectivity index (χ4v) is 2.65. The monoisotopic (exact) mass is 234 g/mol. The highest BCUT2D eigenvalue weighted by Crippen LogP contribution is 2.24. The van der Waals surface area contributed by atoms with Gasteiger partial charge in [0.25, 0.3) is 0 Å². The Labute approximate surface area is 102 Å². The first-order chi connectivity index (χ1) is 7.69. The van der Waals surface area contributed by atoms with E-state index in [1.165, 1.54) is 16.8 Å². The van der Waals surface area contributed by atoms with Gasteiger partial charge in [0.15, 0.2) is 5.17 Å². The van der Waals surface area contributed by atoms with Crippen LogP contribution in [-0.2, 0) is 6.42 Å². The minimum absolute atomic E-state index is 0.609. The van der Waals surface area contributed by atoms with Crippen LogP contribution in [0.5, 0.6) is 0 Å². The van der Waals surface area contributed by atoms with Crippen LogP contribution in [0.2, 0.25) is 0 Å². The van der Waals surface area contributed by atoms with Gasteiger partial charge in [0.2, 0.25) is 0 Å². The highest BCUT2D eigenvalue weighted by molar-refractivity contribution is 8.15. The van der Waals surface area contributed by atoms with Crippen molar-refractivity contribution in [1.82, 2.24) is 0 Å². The van der Waals surface area contributed by atoms with Crippen molar-refractivity contribution in [3.8, 4) is 0 Å². The highest BCUT2D eigenvalue weighted by Gasteiger charge is 2.15. The number of aliphatic imine (C=N–C) groups is 1. The molecular formula is C13H18N2S. The van der Waals surface area contributed by atoms with Gasteiger partial charge in [0.05, 0.1) is 6.54 Å². The average molecular weight is 234 g/mol. The predicted octanol–water partition coefficient (Wildman–Crippen LogP) is 3.46. The summed E-state index contributed by atoms with van der Waals surface area (Å²) in [6, 6.07) is 6.54. The van der Waals surface area contributed by atoms with E-state index in [9.17, 15) is 0 Å². The maximum absolute atomic E-state index is 4.48. The molecule has 1 aliphatic heterocycles. The van der Waals surface area contributed by atoms with Gasteiger partial charge in [0.1, 0.15) is 0 Å². The first-order valence-electron chi connectivity index (χ1n) is 5.76. The van der Waals surface area contributed by atoms with Crippen LogP contribution < -0.4 is 5.32 Å². The van der Waals surface area contributed by atoms with Gasteiger partial charge in [-0.15, -0.1) is 0 Å². The fourth-order valence-electron chi connectivity index (χ4n) is 1.80. The second-order valence-corrected chi connectivity index (χ2v) is 5.64. The van der Waals surface area contributed by atoms with Crippen LogP contribution in [0.25, 0.3) is 0 Å². The van der Waals surface area contributed by atoms with Crippen LogP contribution in [-0.4, -0.2) is 17.0 Å². The summed E-state index contributed by atoms with van der Waals surface area (Å²) in [6.07, 6.45) is 1.05. The Kier molecular flexibility index (Phi) is 3.54. The number of nitrogens with zero attached hydrogens (tertiary/aromatic N) is 1. The van der Waals surface area contributed by atoms with E-state index in [1.807, 2.05) is 11.8 Å². The van der Waals surface area contributed by atoms with Crippen molar-refractivity contribution >= 4 is 22.6 Å². The van der Waals surface area contributed by atoms with E-state index in [2.05, 4.69) is 49.3 Å². The van der Waals surface area contributed by atoms with Crippen LogP contribution in [0.3, 0.4) is 0 Å². The first-order valence-corrected chi connectivity index (χ1v) is 6.64. The summed E-state index contributed by atoms with van der Waals surface area (Å²) in [4.78, 5) is 4.48. The van der Waals surface area contributed by atoms with Gasteiger partial charge in [-0.25, -0.2) is 0 Å². The second-order valence-electron chi connectivity index (χ2n) is 4.21. The number of benzene rings is 1. The summed E-state index contributed by atoms with van der Waals surface area (Å²) in [5.74, 6) is 0. The lowest BCUT2D eigenvalue weighted by molar-refractivity contribution is 0.976. The lowest BCUT2D eigenvalue weighted by Gasteiger charge is -2.11. The van der Waals surface area contributed by atoms with Gasteiger partial charge in [0, 0.05) is 10.9 Å². The van der Waals surface area contributed by atoms with Crippen LogP contribution in [0.1, 0.15) is 25.0 Å². The molecule has 2 rings (SSSR count). The molecule has 1 aliphatic rings. The van der Waals surface area contributed by atoms with Crippen LogP contribution in [0, 0.1) is 6.92 Å². The van der Waals surface area contributed by atoms with E-state index < -0.39 is 0 Å². The van der Waals surface area contributed by atoms with Crippen molar-refractivity contribution in [2.75, 3.05) is 11.9 Å². The molecule has 1 atom stereocenters. The lowest BCUT2D eigenvalue weighted by Crippen LogP contribution is -2.08. The largest absolute Gasteiger partial charge is 0.335 e. The van der Waals surface area contributed by atoms with E-state index in [0.29, 0.717) is 5.25 Å². The molecule has 1 heterocycles. The normalized spacial score (nSPS) is 19.7. The summed E-state index contributed by atoms with van der Waals surface area (Å²) >= 11 is 1.82. The minimum atomic E-state index is 0.609. The molecule has 1 unspecified atom stereocenters. The quantitative estimate of drug-likeness (QED) is 0.847. The Morgan fingerprint density at radius 1 is 1.50 bits per heavy atom. The molecule has 1 aromatic rings. The highest BCUT2D eigenvalue weighted by atomic mass is 32.2. The lowest BCUT2D eigenvalue weighted by atomic mass is 10.1. The zero-order valence-electron chi connectivity index (χ0n) is 10.1. The molecular weight excluding hydrogens is 216 g/mol. The number of hydrogen-bond donors (Lipinski definition) is 1. The van der Waals surface area contributed by atoms with Crippen molar-refractivity contribution in [3.05, 3.63) is 29.3 Å². The molecule has 86 valence electrons. The molecule has 0 bridgehead atoms. The number of nitrogens with one attached hydrogen (secondary N) is 1. The van der Waals surface area contributed by atoms with Gasteiger partial charge < -0.3 is 5.32 Å². The molecule has 0 fully saturated rings.